The Morgan fingerprint density at radius 3 is 2.16 bits per heavy atom. The van der Waals surface area contributed by atoms with Gasteiger partial charge in [-0.2, -0.15) is 0 Å². The van der Waals surface area contributed by atoms with Crippen LogP contribution in [-0.2, 0) is 11.3 Å². The molecule has 0 atom stereocenters. The van der Waals surface area contributed by atoms with Gasteiger partial charge in [-0.25, -0.2) is 4.79 Å². The van der Waals surface area contributed by atoms with Gasteiger partial charge in [-0.3, -0.25) is 0 Å². The van der Waals surface area contributed by atoms with Crippen LogP contribution in [-0.4, -0.2) is 34.0 Å². The van der Waals surface area contributed by atoms with Gasteiger partial charge in [0.15, 0.2) is 11.5 Å². The lowest BCUT2D eigenvalue weighted by Crippen LogP contribution is -2.23. The van der Waals surface area contributed by atoms with E-state index in [-0.39, 0.29) is 6.54 Å². The van der Waals surface area contributed by atoms with E-state index in [1.54, 1.807) is 40.4 Å². The number of carbonyl (C=O) groups excluding carboxylic acids is 1. The first kappa shape index (κ1) is 14.9. The topological polar surface area (TPSA) is 66.0 Å². The van der Waals surface area contributed by atoms with E-state index in [2.05, 4.69) is 5.32 Å². The van der Waals surface area contributed by atoms with Gasteiger partial charge in [0.1, 0.15) is 5.75 Å². The molecule has 0 aromatic heterocycles. The summed E-state index contributed by atoms with van der Waals surface area (Å²) in [5.41, 5.74) is 0.771. The fourth-order valence-corrected chi connectivity index (χ4v) is 1.58. The molecule has 6 heteroatoms. The fraction of sp³-hybridized carbons (Fsp3) is 0.462. The highest BCUT2D eigenvalue weighted by molar-refractivity contribution is 5.67. The van der Waals surface area contributed by atoms with Crippen LogP contribution in [0.25, 0.3) is 0 Å². The first-order valence-electron chi connectivity index (χ1n) is 5.85. The minimum absolute atomic E-state index is 0.280. The van der Waals surface area contributed by atoms with Crippen molar-refractivity contribution in [1.29, 1.82) is 0 Å². The maximum Gasteiger partial charge on any atom is 0.407 e. The van der Waals surface area contributed by atoms with Crippen molar-refractivity contribution >= 4 is 6.09 Å². The quantitative estimate of drug-likeness (QED) is 0.855. The Morgan fingerprint density at radius 1 is 1.05 bits per heavy atom. The SMILES string of the molecule is CCOC(=O)NCc1cc(OC)c(OC)cc1OC. The summed E-state index contributed by atoms with van der Waals surface area (Å²) in [6.07, 6.45) is -0.473. The molecule has 0 saturated heterocycles. The van der Waals surface area contributed by atoms with Crippen LogP contribution >= 0.6 is 0 Å². The Hall–Kier alpha value is -2.11. The standard InChI is InChI=1S/C13H19NO5/c1-5-19-13(15)14-8-9-6-11(17-3)12(18-4)7-10(9)16-2/h6-7H,5,8H2,1-4H3,(H,14,15). The molecule has 1 aromatic carbocycles. The highest BCUT2D eigenvalue weighted by Crippen LogP contribution is 2.34. The molecule has 0 bridgehead atoms. The van der Waals surface area contributed by atoms with E-state index in [1.165, 1.54) is 0 Å². The first-order valence-corrected chi connectivity index (χ1v) is 5.85. The van der Waals surface area contributed by atoms with Crippen LogP contribution in [0.2, 0.25) is 0 Å². The smallest absolute Gasteiger partial charge is 0.407 e. The second kappa shape index (κ2) is 7.35. The average molecular weight is 269 g/mol. The van der Waals surface area contributed by atoms with Gasteiger partial charge in [0, 0.05) is 18.2 Å². The summed E-state index contributed by atoms with van der Waals surface area (Å²) in [6.45, 7) is 2.35. The number of methoxy groups -OCH3 is 3. The van der Waals surface area contributed by atoms with Crippen molar-refractivity contribution in [2.75, 3.05) is 27.9 Å². The van der Waals surface area contributed by atoms with E-state index in [4.69, 9.17) is 18.9 Å². The summed E-state index contributed by atoms with van der Waals surface area (Å²) in [5.74, 6) is 1.75. The predicted molar refractivity (Wildman–Crippen MR) is 70.0 cm³/mol. The van der Waals surface area contributed by atoms with Crippen molar-refractivity contribution in [2.45, 2.75) is 13.5 Å². The highest BCUT2D eigenvalue weighted by atomic mass is 16.5. The van der Waals surface area contributed by atoms with Crippen LogP contribution in [0.5, 0.6) is 17.2 Å². The average Bonchev–Trinajstić information content (AvgIpc) is 2.44. The number of alkyl carbamates (subject to hydrolysis) is 1. The molecule has 0 spiro atoms. The molecule has 6 nitrogen and oxygen atoms in total. The molecular formula is C13H19NO5. The molecule has 0 fully saturated rings. The Labute approximate surface area is 112 Å². The molecule has 0 saturated carbocycles. The van der Waals surface area contributed by atoms with Gasteiger partial charge in [0.25, 0.3) is 0 Å². The molecule has 0 radical (unpaired) electrons. The summed E-state index contributed by atoms with van der Waals surface area (Å²) in [7, 11) is 4.65. The van der Waals surface area contributed by atoms with Gasteiger partial charge in [-0.15, -0.1) is 0 Å². The van der Waals surface area contributed by atoms with Crippen LogP contribution in [0, 0.1) is 0 Å². The monoisotopic (exact) mass is 269 g/mol. The van der Waals surface area contributed by atoms with Crippen LogP contribution in [0.15, 0.2) is 12.1 Å². The van der Waals surface area contributed by atoms with Crippen LogP contribution < -0.4 is 19.5 Å². The number of ether oxygens (including phenoxy) is 4. The maximum absolute atomic E-state index is 11.3. The summed E-state index contributed by atoms with van der Waals surface area (Å²) in [4.78, 5) is 11.3. The van der Waals surface area contributed by atoms with Crippen molar-refractivity contribution in [3.05, 3.63) is 17.7 Å². The molecule has 1 aromatic rings. The van der Waals surface area contributed by atoms with Crippen molar-refractivity contribution in [3.8, 4) is 17.2 Å². The predicted octanol–water partition coefficient (Wildman–Crippen LogP) is 1.96. The zero-order valence-corrected chi connectivity index (χ0v) is 11.6. The maximum atomic E-state index is 11.3. The molecule has 1 N–H and O–H groups in total. The van der Waals surface area contributed by atoms with Gasteiger partial charge in [-0.05, 0) is 13.0 Å². The third kappa shape index (κ3) is 3.94. The molecular weight excluding hydrogens is 250 g/mol. The molecule has 1 amide bonds. The molecule has 0 unspecified atom stereocenters. The van der Waals surface area contributed by atoms with Crippen LogP contribution in [0.4, 0.5) is 4.79 Å². The van der Waals surface area contributed by atoms with E-state index >= 15 is 0 Å². The second-order valence-corrected chi connectivity index (χ2v) is 3.59. The number of hydrogen-bond acceptors (Lipinski definition) is 5. The Kier molecular flexibility index (Phi) is 5.78. The summed E-state index contributed by atoms with van der Waals surface area (Å²) in [5, 5.41) is 2.63. The molecule has 106 valence electrons. The lowest BCUT2D eigenvalue weighted by atomic mass is 10.1. The Bertz CT molecular complexity index is 433. The van der Waals surface area contributed by atoms with Crippen LogP contribution in [0.1, 0.15) is 12.5 Å². The normalized spacial score (nSPS) is 9.68. The molecule has 0 aliphatic heterocycles. The number of nitrogens with one attached hydrogen (secondary N) is 1. The number of rotatable bonds is 6. The summed E-state index contributed by atoms with van der Waals surface area (Å²) >= 11 is 0. The second-order valence-electron chi connectivity index (χ2n) is 3.59. The van der Waals surface area contributed by atoms with Crippen LogP contribution in [0.3, 0.4) is 0 Å². The Morgan fingerprint density at radius 2 is 1.63 bits per heavy atom. The first-order chi connectivity index (χ1) is 9.15. The minimum Gasteiger partial charge on any atom is -0.496 e. The van der Waals surface area contributed by atoms with Crippen molar-refractivity contribution in [3.63, 3.8) is 0 Å². The van der Waals surface area contributed by atoms with Gasteiger partial charge in [0.2, 0.25) is 0 Å². The van der Waals surface area contributed by atoms with E-state index in [0.717, 1.165) is 5.56 Å². The molecule has 0 heterocycles. The highest BCUT2D eigenvalue weighted by Gasteiger charge is 2.12. The zero-order chi connectivity index (χ0) is 14.3. The molecule has 1 rings (SSSR count). The number of carbonyl (C=O) groups is 1. The fourth-order valence-electron chi connectivity index (χ4n) is 1.58. The third-order valence-corrected chi connectivity index (χ3v) is 2.49. The van der Waals surface area contributed by atoms with E-state index in [0.29, 0.717) is 23.9 Å². The van der Waals surface area contributed by atoms with E-state index in [9.17, 15) is 4.79 Å². The third-order valence-electron chi connectivity index (χ3n) is 2.49. The van der Waals surface area contributed by atoms with Crippen molar-refractivity contribution < 1.29 is 23.7 Å². The lowest BCUT2D eigenvalue weighted by Gasteiger charge is -2.14. The van der Waals surface area contributed by atoms with Gasteiger partial charge >= 0.3 is 6.09 Å². The number of benzene rings is 1. The lowest BCUT2D eigenvalue weighted by molar-refractivity contribution is 0.151. The summed E-state index contributed by atoms with van der Waals surface area (Å²) < 4.78 is 20.4. The molecule has 0 aliphatic rings. The summed E-state index contributed by atoms with van der Waals surface area (Å²) in [6, 6.07) is 3.46. The number of hydrogen-bond donors (Lipinski definition) is 1. The minimum atomic E-state index is -0.473. The van der Waals surface area contributed by atoms with E-state index < -0.39 is 6.09 Å². The number of amides is 1. The molecule has 0 aliphatic carbocycles. The van der Waals surface area contributed by atoms with Gasteiger partial charge in [-0.1, -0.05) is 0 Å². The largest absolute Gasteiger partial charge is 0.496 e. The zero-order valence-electron chi connectivity index (χ0n) is 11.6. The van der Waals surface area contributed by atoms with Gasteiger partial charge < -0.3 is 24.3 Å². The van der Waals surface area contributed by atoms with E-state index in [1.807, 2.05) is 0 Å². The van der Waals surface area contributed by atoms with Gasteiger partial charge in [0.05, 0.1) is 27.9 Å². The molecule has 19 heavy (non-hydrogen) atoms. The Balaban J connectivity index is 2.89. The van der Waals surface area contributed by atoms with Crippen molar-refractivity contribution in [1.82, 2.24) is 5.32 Å². The van der Waals surface area contributed by atoms with Crippen molar-refractivity contribution in [2.24, 2.45) is 0 Å².